The molecule has 0 amide bonds. The van der Waals surface area contributed by atoms with Gasteiger partial charge in [0.1, 0.15) is 16.6 Å². The number of rotatable bonds is 2. The molecule has 0 bridgehead atoms. The fraction of sp³-hybridized carbons (Fsp3) is 0.636. The average Bonchev–Trinajstić information content (AvgIpc) is 2.19. The van der Waals surface area contributed by atoms with Crippen LogP contribution < -0.4 is 5.73 Å². The minimum absolute atomic E-state index is 0.202. The molecular formula is C11H17N3S. The monoisotopic (exact) mass is 223 g/mol. The van der Waals surface area contributed by atoms with Crippen molar-refractivity contribution in [2.45, 2.75) is 26.7 Å². The molecule has 82 valence electrons. The molecule has 0 radical (unpaired) electrons. The molecule has 4 heteroatoms. The SMILES string of the molecule is C/C(=C(\C#N)C(N)=S)N1CCC(C)CC1. The summed E-state index contributed by atoms with van der Waals surface area (Å²) in [5, 5.41) is 8.95. The molecular weight excluding hydrogens is 206 g/mol. The summed E-state index contributed by atoms with van der Waals surface area (Å²) in [6.07, 6.45) is 2.35. The maximum absolute atomic E-state index is 8.95. The van der Waals surface area contributed by atoms with E-state index in [4.69, 9.17) is 23.2 Å². The van der Waals surface area contributed by atoms with E-state index >= 15 is 0 Å². The predicted octanol–water partition coefficient (Wildman–Crippen LogP) is 1.80. The summed E-state index contributed by atoms with van der Waals surface area (Å²) in [6, 6.07) is 2.08. The van der Waals surface area contributed by atoms with Gasteiger partial charge in [0.15, 0.2) is 0 Å². The third-order valence-corrected chi connectivity index (χ3v) is 3.18. The number of nitrogens with zero attached hydrogens (tertiary/aromatic N) is 2. The van der Waals surface area contributed by atoms with Crippen LogP contribution in [0, 0.1) is 17.2 Å². The molecule has 0 aromatic heterocycles. The molecule has 1 heterocycles. The second kappa shape index (κ2) is 5.13. The molecule has 1 aliphatic heterocycles. The Morgan fingerprint density at radius 3 is 2.40 bits per heavy atom. The molecule has 1 aliphatic rings. The van der Waals surface area contributed by atoms with Gasteiger partial charge in [-0.25, -0.2) is 0 Å². The van der Waals surface area contributed by atoms with Crippen molar-refractivity contribution < 1.29 is 0 Å². The number of nitrogens with two attached hydrogens (primary N) is 1. The van der Waals surface area contributed by atoms with Crippen LogP contribution >= 0.6 is 12.2 Å². The molecule has 15 heavy (non-hydrogen) atoms. The van der Waals surface area contributed by atoms with Crippen molar-refractivity contribution >= 4 is 17.2 Å². The van der Waals surface area contributed by atoms with Crippen LogP contribution in [0.1, 0.15) is 26.7 Å². The zero-order valence-electron chi connectivity index (χ0n) is 9.29. The topological polar surface area (TPSA) is 53.1 Å². The highest BCUT2D eigenvalue weighted by molar-refractivity contribution is 7.80. The molecule has 1 fully saturated rings. The van der Waals surface area contributed by atoms with E-state index in [0.29, 0.717) is 5.57 Å². The highest BCUT2D eigenvalue weighted by atomic mass is 32.1. The smallest absolute Gasteiger partial charge is 0.116 e. The molecule has 1 saturated heterocycles. The van der Waals surface area contributed by atoms with Crippen LogP contribution in [0.3, 0.4) is 0 Å². The maximum atomic E-state index is 8.95. The number of piperidine rings is 1. The Kier molecular flexibility index (Phi) is 4.10. The van der Waals surface area contributed by atoms with Crippen LogP contribution in [0.5, 0.6) is 0 Å². The van der Waals surface area contributed by atoms with Crippen molar-refractivity contribution in [3.63, 3.8) is 0 Å². The van der Waals surface area contributed by atoms with Crippen LogP contribution in [-0.2, 0) is 0 Å². The third-order valence-electron chi connectivity index (χ3n) is 2.98. The number of likely N-dealkylation sites (tertiary alicyclic amines) is 1. The quantitative estimate of drug-likeness (QED) is 0.440. The van der Waals surface area contributed by atoms with Crippen molar-refractivity contribution in [2.75, 3.05) is 13.1 Å². The summed E-state index contributed by atoms with van der Waals surface area (Å²) in [7, 11) is 0. The van der Waals surface area contributed by atoms with Crippen molar-refractivity contribution in [3.05, 3.63) is 11.3 Å². The lowest BCUT2D eigenvalue weighted by Gasteiger charge is -2.33. The van der Waals surface area contributed by atoms with Gasteiger partial charge in [-0.05, 0) is 25.7 Å². The van der Waals surface area contributed by atoms with Crippen molar-refractivity contribution in [2.24, 2.45) is 11.7 Å². The van der Waals surface area contributed by atoms with Crippen LogP contribution in [-0.4, -0.2) is 23.0 Å². The van der Waals surface area contributed by atoms with E-state index in [1.165, 1.54) is 12.8 Å². The molecule has 0 spiro atoms. The van der Waals surface area contributed by atoms with Gasteiger partial charge >= 0.3 is 0 Å². The Labute approximate surface area is 96.5 Å². The number of thiocarbonyl (C=S) groups is 1. The lowest BCUT2D eigenvalue weighted by Crippen LogP contribution is -2.33. The van der Waals surface area contributed by atoms with Crippen LogP contribution in [0.2, 0.25) is 0 Å². The van der Waals surface area contributed by atoms with Gasteiger partial charge < -0.3 is 10.6 Å². The van der Waals surface area contributed by atoms with Crippen molar-refractivity contribution in [1.29, 1.82) is 5.26 Å². The molecule has 3 nitrogen and oxygen atoms in total. The highest BCUT2D eigenvalue weighted by Crippen LogP contribution is 2.21. The fourth-order valence-electron chi connectivity index (χ4n) is 1.82. The zero-order valence-corrected chi connectivity index (χ0v) is 10.1. The summed E-state index contributed by atoms with van der Waals surface area (Å²) >= 11 is 4.86. The van der Waals surface area contributed by atoms with Gasteiger partial charge in [0.25, 0.3) is 0 Å². The lowest BCUT2D eigenvalue weighted by molar-refractivity contribution is 0.237. The molecule has 0 aromatic carbocycles. The first kappa shape index (κ1) is 12.0. The lowest BCUT2D eigenvalue weighted by atomic mass is 9.98. The first-order valence-corrected chi connectivity index (χ1v) is 5.62. The van der Waals surface area contributed by atoms with Gasteiger partial charge in [-0.3, -0.25) is 0 Å². The highest BCUT2D eigenvalue weighted by Gasteiger charge is 2.18. The van der Waals surface area contributed by atoms with E-state index in [9.17, 15) is 0 Å². The van der Waals surface area contributed by atoms with E-state index in [-0.39, 0.29) is 4.99 Å². The summed E-state index contributed by atoms with van der Waals surface area (Å²) in [4.78, 5) is 2.41. The Morgan fingerprint density at radius 1 is 1.47 bits per heavy atom. The number of nitriles is 1. The van der Waals surface area contributed by atoms with Gasteiger partial charge in [-0.2, -0.15) is 5.26 Å². The van der Waals surface area contributed by atoms with E-state index in [1.54, 1.807) is 0 Å². The van der Waals surface area contributed by atoms with Crippen molar-refractivity contribution in [3.8, 4) is 6.07 Å². The predicted molar refractivity (Wildman–Crippen MR) is 65.1 cm³/mol. The molecule has 0 aromatic rings. The Morgan fingerprint density at radius 2 is 2.00 bits per heavy atom. The van der Waals surface area contributed by atoms with Gasteiger partial charge in [0.05, 0.1) is 0 Å². The van der Waals surface area contributed by atoms with Gasteiger partial charge in [0.2, 0.25) is 0 Å². The summed E-state index contributed by atoms with van der Waals surface area (Å²) in [5.41, 5.74) is 6.89. The van der Waals surface area contributed by atoms with Crippen LogP contribution in [0.4, 0.5) is 0 Å². The summed E-state index contributed by atoms with van der Waals surface area (Å²) in [5.74, 6) is 0.782. The second-order valence-electron chi connectivity index (χ2n) is 4.11. The van der Waals surface area contributed by atoms with Crippen LogP contribution in [0.25, 0.3) is 0 Å². The van der Waals surface area contributed by atoms with Gasteiger partial charge in [-0.1, -0.05) is 19.1 Å². The van der Waals surface area contributed by atoms with Gasteiger partial charge in [-0.15, -0.1) is 0 Å². The number of hydrogen-bond acceptors (Lipinski definition) is 3. The molecule has 0 saturated carbocycles. The molecule has 2 N–H and O–H groups in total. The minimum Gasteiger partial charge on any atom is -0.389 e. The normalized spacial score (nSPS) is 19.4. The molecule has 0 unspecified atom stereocenters. The van der Waals surface area contributed by atoms with Crippen molar-refractivity contribution in [1.82, 2.24) is 4.90 Å². The standard InChI is InChI=1S/C11H17N3S/c1-8-3-5-14(6-4-8)9(2)10(7-12)11(13)15/h8H,3-6H2,1-2H3,(H2,13,15)/b10-9-. The van der Waals surface area contributed by atoms with E-state index in [2.05, 4.69) is 17.9 Å². The Balaban J connectivity index is 2.79. The zero-order chi connectivity index (χ0) is 11.4. The van der Waals surface area contributed by atoms with E-state index < -0.39 is 0 Å². The third kappa shape index (κ3) is 2.93. The second-order valence-corrected chi connectivity index (χ2v) is 4.55. The molecule has 0 atom stereocenters. The Bertz CT molecular complexity index is 319. The first-order valence-electron chi connectivity index (χ1n) is 5.22. The number of allylic oxidation sites excluding steroid dienone is 1. The average molecular weight is 223 g/mol. The summed E-state index contributed by atoms with van der Waals surface area (Å²) in [6.45, 7) is 6.18. The molecule has 0 aliphatic carbocycles. The van der Waals surface area contributed by atoms with Gasteiger partial charge in [0, 0.05) is 18.8 Å². The largest absolute Gasteiger partial charge is 0.389 e. The Hall–Kier alpha value is -1.08. The van der Waals surface area contributed by atoms with E-state index in [0.717, 1.165) is 24.7 Å². The number of hydrogen-bond donors (Lipinski definition) is 1. The van der Waals surface area contributed by atoms with Crippen LogP contribution in [0.15, 0.2) is 11.3 Å². The maximum Gasteiger partial charge on any atom is 0.116 e. The molecule has 1 rings (SSSR count). The fourth-order valence-corrected chi connectivity index (χ4v) is 2.01. The summed E-state index contributed by atoms with van der Waals surface area (Å²) < 4.78 is 0. The van der Waals surface area contributed by atoms with E-state index in [1.807, 2.05) is 6.92 Å². The minimum atomic E-state index is 0.202. The first-order chi connectivity index (χ1) is 7.06.